The van der Waals surface area contributed by atoms with Gasteiger partial charge in [0, 0.05) is 38.1 Å². The maximum Gasteiger partial charge on any atom is 0.167 e. The molecule has 21 heavy (non-hydrogen) atoms. The Morgan fingerprint density at radius 1 is 1.38 bits per heavy atom. The standard InChI is InChI=1S/C16H20FN3O/c1-11(2)21-16-8-15(14(18)7-13(16)17)20(3)10-12-5-4-6-19-9-12/h4-9,11H,10,18H2,1-3H3. The van der Waals surface area contributed by atoms with Gasteiger partial charge >= 0.3 is 0 Å². The number of ether oxygens (including phenoxy) is 1. The van der Waals surface area contributed by atoms with Crippen LogP contribution >= 0.6 is 0 Å². The van der Waals surface area contributed by atoms with Crippen molar-refractivity contribution in [2.75, 3.05) is 17.7 Å². The normalized spacial score (nSPS) is 10.7. The number of hydrogen-bond acceptors (Lipinski definition) is 4. The van der Waals surface area contributed by atoms with Crippen LogP contribution in [0.4, 0.5) is 15.8 Å². The minimum atomic E-state index is -0.445. The first-order valence-electron chi connectivity index (χ1n) is 6.83. The fourth-order valence-electron chi connectivity index (χ4n) is 2.08. The van der Waals surface area contributed by atoms with E-state index in [-0.39, 0.29) is 11.9 Å². The quantitative estimate of drug-likeness (QED) is 0.859. The number of hydrogen-bond donors (Lipinski definition) is 1. The lowest BCUT2D eigenvalue weighted by Crippen LogP contribution is -2.18. The Bertz CT molecular complexity index is 602. The van der Waals surface area contributed by atoms with Gasteiger partial charge in [0.05, 0.1) is 17.5 Å². The van der Waals surface area contributed by atoms with Crippen LogP contribution in [0.5, 0.6) is 5.75 Å². The van der Waals surface area contributed by atoms with Gasteiger partial charge in [-0.15, -0.1) is 0 Å². The van der Waals surface area contributed by atoms with E-state index >= 15 is 0 Å². The Labute approximate surface area is 124 Å². The van der Waals surface area contributed by atoms with Crippen molar-refractivity contribution in [3.63, 3.8) is 0 Å². The van der Waals surface area contributed by atoms with Crippen LogP contribution in [-0.4, -0.2) is 18.1 Å². The molecule has 0 aliphatic rings. The van der Waals surface area contributed by atoms with Crippen LogP contribution in [0.15, 0.2) is 36.7 Å². The largest absolute Gasteiger partial charge is 0.488 e. The summed E-state index contributed by atoms with van der Waals surface area (Å²) in [6.45, 7) is 4.34. The summed E-state index contributed by atoms with van der Waals surface area (Å²) in [7, 11) is 1.90. The van der Waals surface area contributed by atoms with E-state index in [1.165, 1.54) is 6.07 Å². The first-order valence-corrected chi connectivity index (χ1v) is 6.83. The third kappa shape index (κ3) is 3.84. The van der Waals surface area contributed by atoms with Crippen molar-refractivity contribution in [1.29, 1.82) is 0 Å². The van der Waals surface area contributed by atoms with Gasteiger partial charge in [-0.25, -0.2) is 4.39 Å². The van der Waals surface area contributed by atoms with Crippen molar-refractivity contribution in [3.05, 3.63) is 48.0 Å². The number of nitrogen functional groups attached to an aromatic ring is 1. The third-order valence-corrected chi connectivity index (χ3v) is 3.00. The summed E-state index contributed by atoms with van der Waals surface area (Å²) in [6, 6.07) is 6.80. The molecule has 112 valence electrons. The van der Waals surface area contributed by atoms with Crippen LogP contribution in [0.25, 0.3) is 0 Å². The lowest BCUT2D eigenvalue weighted by Gasteiger charge is -2.22. The number of anilines is 2. The molecule has 0 fully saturated rings. The van der Waals surface area contributed by atoms with E-state index in [2.05, 4.69) is 4.98 Å². The maximum absolute atomic E-state index is 13.8. The Kier molecular flexibility index (Phi) is 4.62. The van der Waals surface area contributed by atoms with E-state index in [0.717, 1.165) is 11.3 Å². The molecule has 0 spiro atoms. The number of nitrogens with two attached hydrogens (primary N) is 1. The average Bonchev–Trinajstić information content (AvgIpc) is 2.42. The summed E-state index contributed by atoms with van der Waals surface area (Å²) >= 11 is 0. The van der Waals surface area contributed by atoms with Gasteiger partial charge in [-0.1, -0.05) is 6.07 Å². The number of nitrogens with zero attached hydrogens (tertiary/aromatic N) is 2. The minimum absolute atomic E-state index is 0.0976. The lowest BCUT2D eigenvalue weighted by molar-refractivity contribution is 0.231. The zero-order valence-corrected chi connectivity index (χ0v) is 12.5. The van der Waals surface area contributed by atoms with Crippen LogP contribution in [0, 0.1) is 5.82 Å². The summed E-state index contributed by atoms with van der Waals surface area (Å²) in [4.78, 5) is 6.03. The van der Waals surface area contributed by atoms with Gasteiger partial charge in [-0.05, 0) is 25.5 Å². The van der Waals surface area contributed by atoms with E-state index in [4.69, 9.17) is 10.5 Å². The average molecular weight is 289 g/mol. The molecule has 0 atom stereocenters. The number of halogens is 1. The van der Waals surface area contributed by atoms with Crippen LogP contribution in [0.2, 0.25) is 0 Å². The van der Waals surface area contributed by atoms with E-state index in [9.17, 15) is 4.39 Å². The van der Waals surface area contributed by atoms with Crippen molar-refractivity contribution < 1.29 is 9.13 Å². The molecule has 0 saturated carbocycles. The van der Waals surface area contributed by atoms with Crippen molar-refractivity contribution in [2.45, 2.75) is 26.5 Å². The van der Waals surface area contributed by atoms with E-state index in [1.54, 1.807) is 18.5 Å². The van der Waals surface area contributed by atoms with Gasteiger partial charge in [0.25, 0.3) is 0 Å². The highest BCUT2D eigenvalue weighted by Crippen LogP contribution is 2.31. The van der Waals surface area contributed by atoms with Crippen LogP contribution in [0.3, 0.4) is 0 Å². The summed E-state index contributed by atoms with van der Waals surface area (Å²) in [5, 5.41) is 0. The molecule has 0 aliphatic heterocycles. The maximum atomic E-state index is 13.8. The van der Waals surface area contributed by atoms with Gasteiger partial charge in [0.1, 0.15) is 0 Å². The van der Waals surface area contributed by atoms with Crippen LogP contribution in [-0.2, 0) is 6.54 Å². The highest BCUT2D eigenvalue weighted by atomic mass is 19.1. The zero-order chi connectivity index (χ0) is 15.4. The molecular weight excluding hydrogens is 269 g/mol. The first-order chi connectivity index (χ1) is 9.97. The lowest BCUT2D eigenvalue weighted by atomic mass is 10.2. The first kappa shape index (κ1) is 15.1. The Morgan fingerprint density at radius 3 is 2.76 bits per heavy atom. The molecule has 2 N–H and O–H groups in total. The van der Waals surface area contributed by atoms with Gasteiger partial charge < -0.3 is 15.4 Å². The molecule has 1 aromatic heterocycles. The fraction of sp³-hybridized carbons (Fsp3) is 0.312. The van der Waals surface area contributed by atoms with Crippen molar-refractivity contribution in [2.24, 2.45) is 0 Å². The monoisotopic (exact) mass is 289 g/mol. The highest BCUT2D eigenvalue weighted by Gasteiger charge is 2.13. The van der Waals surface area contributed by atoms with Gasteiger partial charge in [-0.2, -0.15) is 0 Å². The number of aromatic nitrogens is 1. The van der Waals surface area contributed by atoms with Gasteiger partial charge in [0.15, 0.2) is 11.6 Å². The Balaban J connectivity index is 2.25. The molecule has 0 bridgehead atoms. The molecular formula is C16H20FN3O. The summed E-state index contributed by atoms with van der Waals surface area (Å²) in [5.41, 5.74) is 8.09. The summed E-state index contributed by atoms with van der Waals surface area (Å²) in [5.74, 6) is -0.230. The van der Waals surface area contributed by atoms with Crippen molar-refractivity contribution >= 4 is 11.4 Å². The van der Waals surface area contributed by atoms with Crippen LogP contribution in [0.1, 0.15) is 19.4 Å². The molecule has 2 aromatic rings. The highest BCUT2D eigenvalue weighted by molar-refractivity contribution is 5.69. The SMILES string of the molecule is CC(C)Oc1cc(N(C)Cc2cccnc2)c(N)cc1F. The number of pyridine rings is 1. The predicted molar refractivity (Wildman–Crippen MR) is 82.9 cm³/mol. The van der Waals surface area contributed by atoms with Crippen LogP contribution < -0.4 is 15.4 Å². The molecule has 0 aliphatic carbocycles. The molecule has 0 unspecified atom stereocenters. The van der Waals surface area contributed by atoms with E-state index in [0.29, 0.717) is 12.2 Å². The van der Waals surface area contributed by atoms with Gasteiger partial charge in [-0.3, -0.25) is 4.98 Å². The Hall–Kier alpha value is -2.30. The molecule has 4 nitrogen and oxygen atoms in total. The molecule has 0 radical (unpaired) electrons. The molecule has 0 saturated heterocycles. The Morgan fingerprint density at radius 2 is 2.14 bits per heavy atom. The summed E-state index contributed by atoms with van der Waals surface area (Å²) < 4.78 is 19.3. The second kappa shape index (κ2) is 6.43. The van der Waals surface area contributed by atoms with E-state index in [1.807, 2.05) is 37.9 Å². The second-order valence-electron chi connectivity index (χ2n) is 5.23. The molecule has 2 rings (SSSR count). The zero-order valence-electron chi connectivity index (χ0n) is 12.5. The van der Waals surface area contributed by atoms with Crippen molar-refractivity contribution in [3.8, 4) is 5.75 Å². The van der Waals surface area contributed by atoms with E-state index < -0.39 is 5.82 Å². The molecule has 1 heterocycles. The third-order valence-electron chi connectivity index (χ3n) is 3.00. The number of rotatable bonds is 5. The fourth-order valence-corrected chi connectivity index (χ4v) is 2.08. The topological polar surface area (TPSA) is 51.4 Å². The minimum Gasteiger partial charge on any atom is -0.488 e. The van der Waals surface area contributed by atoms with Crippen molar-refractivity contribution in [1.82, 2.24) is 4.98 Å². The molecule has 0 amide bonds. The number of benzene rings is 1. The summed E-state index contributed by atoms with van der Waals surface area (Å²) in [6.07, 6.45) is 3.42. The second-order valence-corrected chi connectivity index (χ2v) is 5.23. The molecule has 5 heteroatoms. The predicted octanol–water partition coefficient (Wildman–Crippen LogP) is 3.23. The smallest absolute Gasteiger partial charge is 0.167 e. The van der Waals surface area contributed by atoms with Gasteiger partial charge in [0.2, 0.25) is 0 Å². The molecule has 1 aromatic carbocycles.